The Morgan fingerprint density at radius 2 is 2.00 bits per heavy atom. The van der Waals surface area contributed by atoms with Gasteiger partial charge in [-0.15, -0.1) is 0 Å². The zero-order chi connectivity index (χ0) is 14.6. The fourth-order valence-electron chi connectivity index (χ4n) is 3.06. The summed E-state index contributed by atoms with van der Waals surface area (Å²) in [4.78, 5) is 16.6. The highest BCUT2D eigenvalue weighted by atomic mass is 16.5. The molecule has 1 N–H and O–H groups in total. The lowest BCUT2D eigenvalue weighted by atomic mass is 10.0. The monoisotopic (exact) mass is 283 g/mol. The first-order valence-corrected chi connectivity index (χ1v) is 7.84. The molecule has 2 heterocycles. The maximum Gasteiger partial charge on any atom is 0.317 e. The number of nitrogens with one attached hydrogen (secondary N) is 1. The molecule has 2 saturated heterocycles. The standard InChI is InChI=1S/C15H29N3O2/c1-13-5-4-6-17(11-13)14(19)16-12-15(2,3)18-7-9-20-10-8-18/h13H,4-12H2,1-3H3,(H,16,19). The summed E-state index contributed by atoms with van der Waals surface area (Å²) in [6, 6.07) is 0.0953. The van der Waals surface area contributed by atoms with E-state index in [9.17, 15) is 4.79 Å². The molecular weight excluding hydrogens is 254 g/mol. The summed E-state index contributed by atoms with van der Waals surface area (Å²) in [5.41, 5.74) is -0.0131. The first kappa shape index (κ1) is 15.6. The van der Waals surface area contributed by atoms with Gasteiger partial charge in [0.2, 0.25) is 0 Å². The Bertz CT molecular complexity index is 327. The largest absolute Gasteiger partial charge is 0.379 e. The number of urea groups is 1. The van der Waals surface area contributed by atoms with Crippen LogP contribution in [0.2, 0.25) is 0 Å². The molecule has 2 rings (SSSR count). The molecular formula is C15H29N3O2. The predicted molar refractivity (Wildman–Crippen MR) is 79.8 cm³/mol. The van der Waals surface area contributed by atoms with Gasteiger partial charge in [-0.25, -0.2) is 4.79 Å². The van der Waals surface area contributed by atoms with Crippen LogP contribution in [0.4, 0.5) is 4.79 Å². The van der Waals surface area contributed by atoms with Gasteiger partial charge in [-0.2, -0.15) is 0 Å². The number of hydrogen-bond acceptors (Lipinski definition) is 3. The topological polar surface area (TPSA) is 44.8 Å². The van der Waals surface area contributed by atoms with E-state index in [0.717, 1.165) is 45.8 Å². The summed E-state index contributed by atoms with van der Waals surface area (Å²) in [5, 5.41) is 3.12. The van der Waals surface area contributed by atoms with Crippen molar-refractivity contribution in [3.05, 3.63) is 0 Å². The Morgan fingerprint density at radius 1 is 1.30 bits per heavy atom. The normalized spacial score (nSPS) is 25.6. The molecule has 0 aromatic heterocycles. The van der Waals surface area contributed by atoms with Crippen LogP contribution in [0.1, 0.15) is 33.6 Å². The Kier molecular flexibility index (Phi) is 5.27. The van der Waals surface area contributed by atoms with Gasteiger partial charge in [0.05, 0.1) is 13.2 Å². The van der Waals surface area contributed by atoms with Crippen molar-refractivity contribution in [1.29, 1.82) is 0 Å². The number of rotatable bonds is 3. The lowest BCUT2D eigenvalue weighted by Crippen LogP contribution is -2.57. The molecule has 0 saturated carbocycles. The summed E-state index contributed by atoms with van der Waals surface area (Å²) < 4.78 is 5.39. The molecule has 1 atom stereocenters. The second-order valence-corrected chi connectivity index (χ2v) is 6.76. The van der Waals surface area contributed by atoms with Gasteiger partial charge in [-0.3, -0.25) is 4.90 Å². The summed E-state index contributed by atoms with van der Waals surface area (Å²) in [5.74, 6) is 0.627. The van der Waals surface area contributed by atoms with E-state index >= 15 is 0 Å². The summed E-state index contributed by atoms with van der Waals surface area (Å²) in [7, 11) is 0. The van der Waals surface area contributed by atoms with Crippen molar-refractivity contribution >= 4 is 6.03 Å². The van der Waals surface area contributed by atoms with E-state index in [1.165, 1.54) is 6.42 Å². The number of amides is 2. The number of likely N-dealkylation sites (tertiary alicyclic amines) is 1. The Balaban J connectivity index is 1.79. The highest BCUT2D eigenvalue weighted by Crippen LogP contribution is 2.17. The minimum absolute atomic E-state index is 0.0131. The van der Waals surface area contributed by atoms with Crippen LogP contribution in [0.25, 0.3) is 0 Å². The molecule has 2 fully saturated rings. The van der Waals surface area contributed by atoms with Gasteiger partial charge in [-0.05, 0) is 32.6 Å². The molecule has 0 aliphatic carbocycles. The van der Waals surface area contributed by atoms with Crippen LogP contribution >= 0.6 is 0 Å². The van der Waals surface area contributed by atoms with Crippen molar-refractivity contribution in [3.8, 4) is 0 Å². The Hall–Kier alpha value is -0.810. The quantitative estimate of drug-likeness (QED) is 0.854. The van der Waals surface area contributed by atoms with Crippen LogP contribution in [0.15, 0.2) is 0 Å². The van der Waals surface area contributed by atoms with Gasteiger partial charge in [0.25, 0.3) is 0 Å². The van der Waals surface area contributed by atoms with Gasteiger partial charge in [0, 0.05) is 38.3 Å². The zero-order valence-corrected chi connectivity index (χ0v) is 13.2. The lowest BCUT2D eigenvalue weighted by molar-refractivity contribution is -0.00913. The van der Waals surface area contributed by atoms with E-state index in [2.05, 4.69) is 31.0 Å². The minimum Gasteiger partial charge on any atom is -0.379 e. The molecule has 0 aromatic rings. The predicted octanol–water partition coefficient (Wildman–Crippen LogP) is 1.54. The smallest absolute Gasteiger partial charge is 0.317 e. The van der Waals surface area contributed by atoms with Gasteiger partial charge in [0.15, 0.2) is 0 Å². The zero-order valence-electron chi connectivity index (χ0n) is 13.2. The highest BCUT2D eigenvalue weighted by molar-refractivity contribution is 5.74. The van der Waals surface area contributed by atoms with Crippen molar-refractivity contribution in [1.82, 2.24) is 15.1 Å². The molecule has 0 spiro atoms. The Morgan fingerprint density at radius 3 is 2.65 bits per heavy atom. The van der Waals surface area contributed by atoms with E-state index in [0.29, 0.717) is 12.5 Å². The summed E-state index contributed by atoms with van der Waals surface area (Å²) >= 11 is 0. The van der Waals surface area contributed by atoms with Crippen molar-refractivity contribution in [3.63, 3.8) is 0 Å². The van der Waals surface area contributed by atoms with Crippen LogP contribution < -0.4 is 5.32 Å². The van der Waals surface area contributed by atoms with Crippen molar-refractivity contribution in [2.45, 2.75) is 39.2 Å². The highest BCUT2D eigenvalue weighted by Gasteiger charge is 2.29. The third-order valence-electron chi connectivity index (χ3n) is 4.48. The summed E-state index contributed by atoms with van der Waals surface area (Å²) in [6.45, 7) is 12.6. The van der Waals surface area contributed by atoms with E-state index in [-0.39, 0.29) is 11.6 Å². The van der Waals surface area contributed by atoms with Crippen LogP contribution in [0.5, 0.6) is 0 Å². The number of carbonyl (C=O) groups is 1. The lowest BCUT2D eigenvalue weighted by Gasteiger charge is -2.41. The maximum atomic E-state index is 12.2. The number of carbonyl (C=O) groups excluding carboxylic acids is 1. The van der Waals surface area contributed by atoms with E-state index < -0.39 is 0 Å². The molecule has 20 heavy (non-hydrogen) atoms. The third-order valence-corrected chi connectivity index (χ3v) is 4.48. The molecule has 116 valence electrons. The molecule has 2 amide bonds. The second kappa shape index (κ2) is 6.76. The van der Waals surface area contributed by atoms with Gasteiger partial charge >= 0.3 is 6.03 Å². The SMILES string of the molecule is CC1CCCN(C(=O)NCC(C)(C)N2CCOCC2)C1. The fourth-order valence-corrected chi connectivity index (χ4v) is 3.06. The van der Waals surface area contributed by atoms with Gasteiger partial charge < -0.3 is 15.0 Å². The number of morpholine rings is 1. The molecule has 5 heteroatoms. The number of nitrogens with zero attached hydrogens (tertiary/aromatic N) is 2. The van der Waals surface area contributed by atoms with Crippen LogP contribution in [0, 0.1) is 5.92 Å². The van der Waals surface area contributed by atoms with Gasteiger partial charge in [0.1, 0.15) is 0 Å². The molecule has 0 aromatic carbocycles. The fraction of sp³-hybridized carbons (Fsp3) is 0.933. The van der Waals surface area contributed by atoms with E-state index in [4.69, 9.17) is 4.74 Å². The molecule has 2 aliphatic heterocycles. The minimum atomic E-state index is -0.0131. The number of hydrogen-bond donors (Lipinski definition) is 1. The van der Waals surface area contributed by atoms with E-state index in [1.54, 1.807) is 0 Å². The first-order chi connectivity index (χ1) is 9.49. The van der Waals surface area contributed by atoms with Crippen LogP contribution in [-0.2, 0) is 4.74 Å². The van der Waals surface area contributed by atoms with Crippen LogP contribution in [0.3, 0.4) is 0 Å². The average Bonchev–Trinajstić information content (AvgIpc) is 2.46. The molecule has 1 unspecified atom stereocenters. The number of ether oxygens (including phenoxy) is 1. The van der Waals surface area contributed by atoms with Crippen LogP contribution in [-0.4, -0.2) is 67.3 Å². The second-order valence-electron chi connectivity index (χ2n) is 6.76. The van der Waals surface area contributed by atoms with E-state index in [1.807, 2.05) is 4.90 Å². The average molecular weight is 283 g/mol. The third kappa shape index (κ3) is 4.09. The maximum absolute atomic E-state index is 12.2. The Labute approximate surface area is 122 Å². The van der Waals surface area contributed by atoms with Crippen molar-refractivity contribution in [2.75, 3.05) is 45.9 Å². The first-order valence-electron chi connectivity index (χ1n) is 7.84. The molecule has 2 aliphatic rings. The summed E-state index contributed by atoms with van der Waals surface area (Å²) in [6.07, 6.45) is 2.37. The van der Waals surface area contributed by atoms with Gasteiger partial charge in [-0.1, -0.05) is 6.92 Å². The van der Waals surface area contributed by atoms with Crippen molar-refractivity contribution < 1.29 is 9.53 Å². The number of piperidine rings is 1. The molecule has 0 radical (unpaired) electrons. The van der Waals surface area contributed by atoms with Crippen molar-refractivity contribution in [2.24, 2.45) is 5.92 Å². The molecule has 5 nitrogen and oxygen atoms in total. The molecule has 0 bridgehead atoms.